The lowest BCUT2D eigenvalue weighted by molar-refractivity contribution is -0.324. The average molecular weight is 460 g/mol. The van der Waals surface area contributed by atoms with Gasteiger partial charge in [0.15, 0.2) is 0 Å². The fourth-order valence-electron chi connectivity index (χ4n) is 3.10. The predicted octanol–water partition coefficient (Wildman–Crippen LogP) is 4.27. The number of amides is 1. The van der Waals surface area contributed by atoms with Gasteiger partial charge in [0.25, 0.3) is 0 Å². The van der Waals surface area contributed by atoms with Crippen LogP contribution < -0.4 is 5.84 Å². The largest absolute Gasteiger partial charge is 0.522 e. The zero-order valence-corrected chi connectivity index (χ0v) is 16.4. The molecule has 3 rings (SSSR count). The Morgan fingerprint density at radius 3 is 2.47 bits per heavy atom. The van der Waals surface area contributed by atoms with Gasteiger partial charge in [0, 0.05) is 11.6 Å². The minimum Gasteiger partial charge on any atom is -0.290 e. The second-order valence-electron chi connectivity index (χ2n) is 6.89. The van der Waals surface area contributed by atoms with E-state index >= 15 is 0 Å². The summed E-state index contributed by atoms with van der Waals surface area (Å²) in [7, 11) is 0. The fourth-order valence-corrected chi connectivity index (χ4v) is 3.10. The molecule has 6 nitrogen and oxygen atoms in total. The Morgan fingerprint density at radius 1 is 1.09 bits per heavy atom. The smallest absolute Gasteiger partial charge is 0.290 e. The van der Waals surface area contributed by atoms with E-state index in [1.165, 1.54) is 16.8 Å². The lowest BCUT2D eigenvalue weighted by Gasteiger charge is -2.23. The summed E-state index contributed by atoms with van der Waals surface area (Å²) < 4.78 is 80.9. The molecule has 0 saturated heterocycles. The summed E-state index contributed by atoms with van der Waals surface area (Å²) in [5.74, 6) is 4.76. The quantitative estimate of drug-likeness (QED) is 0.247. The third-order valence-corrected chi connectivity index (χ3v) is 4.64. The Morgan fingerprint density at radius 2 is 1.81 bits per heavy atom. The van der Waals surface area contributed by atoms with Crippen molar-refractivity contribution in [3.05, 3.63) is 65.9 Å². The second-order valence-corrected chi connectivity index (χ2v) is 6.89. The van der Waals surface area contributed by atoms with Gasteiger partial charge in [-0.3, -0.25) is 19.2 Å². The molecule has 0 fully saturated rings. The van der Waals surface area contributed by atoms with Crippen LogP contribution in [0.2, 0.25) is 0 Å². The van der Waals surface area contributed by atoms with Gasteiger partial charge < -0.3 is 0 Å². The zero-order valence-electron chi connectivity index (χ0n) is 16.4. The highest BCUT2D eigenvalue weighted by Crippen LogP contribution is 2.33. The van der Waals surface area contributed by atoms with Crippen molar-refractivity contribution in [2.24, 2.45) is 5.84 Å². The number of halogens is 6. The maximum absolute atomic E-state index is 13.2. The van der Waals surface area contributed by atoms with E-state index in [4.69, 9.17) is 5.84 Å². The molecule has 0 saturated carbocycles. The topological polar surface area (TPSA) is 73.4 Å². The van der Waals surface area contributed by atoms with Gasteiger partial charge in [-0.15, -0.1) is 13.2 Å². The van der Waals surface area contributed by atoms with E-state index in [1.807, 2.05) is 0 Å². The number of hydrogen-bond acceptors (Lipinski definition) is 4. The Balaban J connectivity index is 1.88. The van der Waals surface area contributed by atoms with Crippen LogP contribution in [0.25, 0.3) is 10.9 Å². The molecule has 1 atom stereocenters. The predicted molar refractivity (Wildman–Crippen MR) is 102 cm³/mol. The monoisotopic (exact) mass is 460 g/mol. The average Bonchev–Trinajstić information content (AvgIpc) is 3.14. The normalized spacial score (nSPS) is 13.3. The highest BCUT2D eigenvalue weighted by Gasteiger charge is 2.32. The van der Waals surface area contributed by atoms with E-state index in [0.29, 0.717) is 15.9 Å². The van der Waals surface area contributed by atoms with Gasteiger partial charge >= 0.3 is 12.5 Å². The molecule has 1 unspecified atom stereocenters. The van der Waals surface area contributed by atoms with E-state index in [2.05, 4.69) is 9.84 Å². The number of nitrogens with two attached hydrogens (primary N) is 1. The van der Waals surface area contributed by atoms with E-state index in [1.54, 1.807) is 30.5 Å². The summed E-state index contributed by atoms with van der Waals surface area (Å²) >= 11 is 0. The van der Waals surface area contributed by atoms with Gasteiger partial charge in [0.1, 0.15) is 0 Å². The Kier molecular flexibility index (Phi) is 6.74. The molecule has 1 heterocycles. The van der Waals surface area contributed by atoms with Crippen LogP contribution in [0.5, 0.6) is 0 Å². The van der Waals surface area contributed by atoms with Gasteiger partial charge in [-0.1, -0.05) is 30.3 Å². The summed E-state index contributed by atoms with van der Waals surface area (Å²) in [5.41, 5.74) is -0.214. The summed E-state index contributed by atoms with van der Waals surface area (Å²) in [6, 6.07) is 10.3. The van der Waals surface area contributed by atoms with Crippen LogP contribution in [0.4, 0.5) is 26.3 Å². The molecule has 0 aliphatic heterocycles. The molecule has 12 heteroatoms. The van der Waals surface area contributed by atoms with Crippen molar-refractivity contribution in [1.82, 2.24) is 14.8 Å². The van der Waals surface area contributed by atoms with Gasteiger partial charge in [0.2, 0.25) is 5.91 Å². The summed E-state index contributed by atoms with van der Waals surface area (Å²) in [6.07, 6.45) is -8.34. The van der Waals surface area contributed by atoms with Gasteiger partial charge in [-0.2, -0.15) is 18.3 Å². The summed E-state index contributed by atoms with van der Waals surface area (Å²) in [5, 5.41) is 5.57. The molecule has 1 aromatic heterocycles. The van der Waals surface area contributed by atoms with Crippen molar-refractivity contribution in [3.8, 4) is 0 Å². The third kappa shape index (κ3) is 5.98. The fraction of sp³-hybridized carbons (Fsp3) is 0.300. The molecule has 0 bridgehead atoms. The number of carbonyl (C=O) groups is 1. The molecule has 0 spiro atoms. The van der Waals surface area contributed by atoms with Crippen molar-refractivity contribution in [3.63, 3.8) is 0 Å². The number of benzene rings is 2. The van der Waals surface area contributed by atoms with Crippen LogP contribution >= 0.6 is 0 Å². The molecule has 32 heavy (non-hydrogen) atoms. The third-order valence-electron chi connectivity index (χ3n) is 4.64. The molecular weight excluding hydrogens is 442 g/mol. The number of aromatic nitrogens is 2. The van der Waals surface area contributed by atoms with Crippen molar-refractivity contribution in [2.45, 2.75) is 25.0 Å². The van der Waals surface area contributed by atoms with Gasteiger partial charge in [0.05, 0.1) is 36.7 Å². The van der Waals surface area contributed by atoms with Crippen LogP contribution in [0.3, 0.4) is 0 Å². The molecule has 172 valence electrons. The molecule has 1 amide bonds. The minimum atomic E-state index is -4.88. The minimum absolute atomic E-state index is 0.140. The first-order chi connectivity index (χ1) is 14.9. The number of hydrazine groups is 1. The van der Waals surface area contributed by atoms with E-state index in [0.717, 1.165) is 12.1 Å². The van der Waals surface area contributed by atoms with Crippen molar-refractivity contribution in [1.29, 1.82) is 0 Å². The molecule has 0 aliphatic rings. The number of carbonyl (C=O) groups excluding carboxylic acids is 1. The first-order valence-electron chi connectivity index (χ1n) is 9.31. The number of fused-ring (bicyclic) bond motifs is 1. The maximum Gasteiger partial charge on any atom is 0.522 e. The lowest BCUT2D eigenvalue weighted by Crippen LogP contribution is -2.41. The Labute approximate surface area is 178 Å². The Hall–Kier alpha value is -3.12. The molecule has 0 radical (unpaired) electrons. The number of nitrogens with zero attached hydrogens (tertiary/aromatic N) is 3. The highest BCUT2D eigenvalue weighted by molar-refractivity contribution is 5.79. The SMILES string of the molecule is NN(CCOC(F)(F)F)C(=O)CC(c1cccc(C(F)(F)F)c1)n1cc2ccccc2n1. The Bertz CT molecular complexity index is 1050. The molecule has 3 aromatic rings. The molecule has 2 aromatic carbocycles. The zero-order chi connectivity index (χ0) is 23.5. The summed E-state index contributed by atoms with van der Waals surface area (Å²) in [6.45, 7) is -1.44. The number of ether oxygens (including phenoxy) is 1. The van der Waals surface area contributed by atoms with Crippen LogP contribution in [0, 0.1) is 0 Å². The van der Waals surface area contributed by atoms with Crippen molar-refractivity contribution in [2.75, 3.05) is 13.2 Å². The molecule has 2 N–H and O–H groups in total. The number of alkyl halides is 6. The van der Waals surface area contributed by atoms with E-state index in [9.17, 15) is 31.1 Å². The van der Waals surface area contributed by atoms with Gasteiger partial charge in [-0.05, 0) is 23.8 Å². The highest BCUT2D eigenvalue weighted by atomic mass is 19.4. The van der Waals surface area contributed by atoms with Crippen molar-refractivity contribution < 1.29 is 35.9 Å². The van der Waals surface area contributed by atoms with E-state index < -0.39 is 49.6 Å². The first kappa shape index (κ1) is 23.5. The van der Waals surface area contributed by atoms with Crippen LogP contribution in [-0.2, 0) is 15.7 Å². The molecular formula is C20H18F6N4O2. The van der Waals surface area contributed by atoms with Gasteiger partial charge in [-0.25, -0.2) is 5.84 Å². The second kappa shape index (κ2) is 9.17. The standard InChI is InChI=1S/C20H18F6N4O2/c21-19(22,23)15-6-3-5-13(10-15)17(30-12-14-4-1-2-7-16(14)28-30)11-18(31)29(27)8-9-32-20(24,25)26/h1-7,10,12,17H,8-9,11,27H2. The molecule has 0 aliphatic carbocycles. The van der Waals surface area contributed by atoms with Crippen LogP contribution in [0.1, 0.15) is 23.6 Å². The summed E-state index contributed by atoms with van der Waals surface area (Å²) in [4.78, 5) is 12.6. The number of rotatable bonds is 7. The lowest BCUT2D eigenvalue weighted by atomic mass is 10.0. The first-order valence-corrected chi connectivity index (χ1v) is 9.31. The van der Waals surface area contributed by atoms with Crippen LogP contribution in [-0.4, -0.2) is 40.2 Å². The van der Waals surface area contributed by atoms with Crippen molar-refractivity contribution >= 4 is 16.8 Å². The van der Waals surface area contributed by atoms with E-state index in [-0.39, 0.29) is 5.56 Å². The maximum atomic E-state index is 13.2. The van der Waals surface area contributed by atoms with Crippen LogP contribution in [0.15, 0.2) is 54.7 Å². The number of hydrogen-bond donors (Lipinski definition) is 1.